The molecule has 0 saturated heterocycles. The van der Waals surface area contributed by atoms with E-state index in [0.29, 0.717) is 0 Å². The van der Waals surface area contributed by atoms with Crippen LogP contribution in [0.1, 0.15) is 34.6 Å². The standard InChI is InChI=1S/C13H21N/c1-11(13(2,3)4)14-10-12-8-6-5-7-9-12/h5-9,11,14H,10H2,1-4H3/i11D. The van der Waals surface area contributed by atoms with E-state index in [2.05, 4.69) is 38.2 Å². The molecule has 0 aliphatic rings. The molecule has 0 heterocycles. The predicted molar refractivity (Wildman–Crippen MR) is 62.2 cm³/mol. The Balaban J connectivity index is 2.58. The van der Waals surface area contributed by atoms with Crippen LogP contribution in [0.15, 0.2) is 30.3 Å². The largest absolute Gasteiger partial charge is 0.310 e. The monoisotopic (exact) mass is 192 g/mol. The van der Waals surface area contributed by atoms with Crippen LogP contribution in [0.4, 0.5) is 0 Å². The lowest BCUT2D eigenvalue weighted by Gasteiger charge is -2.28. The molecule has 1 aromatic rings. The normalized spacial score (nSPS) is 17.3. The molecule has 78 valence electrons. The van der Waals surface area contributed by atoms with Crippen LogP contribution in [0.5, 0.6) is 0 Å². The minimum Gasteiger partial charge on any atom is -0.310 e. The van der Waals surface area contributed by atoms with Gasteiger partial charge >= 0.3 is 0 Å². The molecule has 1 heteroatoms. The summed E-state index contributed by atoms with van der Waals surface area (Å²) in [6, 6.07) is 9.60. The molecule has 0 aliphatic heterocycles. The van der Waals surface area contributed by atoms with Gasteiger partial charge in [0.25, 0.3) is 0 Å². The van der Waals surface area contributed by atoms with Crippen molar-refractivity contribution in [2.45, 2.75) is 40.3 Å². The zero-order valence-corrected chi connectivity index (χ0v) is 9.59. The van der Waals surface area contributed by atoms with Crippen LogP contribution in [0.25, 0.3) is 0 Å². The van der Waals surface area contributed by atoms with E-state index in [1.807, 2.05) is 25.1 Å². The van der Waals surface area contributed by atoms with Gasteiger partial charge in [-0.3, -0.25) is 0 Å². The van der Waals surface area contributed by atoms with E-state index >= 15 is 0 Å². The lowest BCUT2D eigenvalue weighted by atomic mass is 9.88. The average molecular weight is 192 g/mol. The summed E-state index contributed by atoms with van der Waals surface area (Å²) in [6.07, 6.45) is 0. The van der Waals surface area contributed by atoms with Gasteiger partial charge in [-0.2, -0.15) is 0 Å². The molecule has 1 atom stereocenters. The molecule has 1 rings (SSSR count). The summed E-state index contributed by atoms with van der Waals surface area (Å²) in [6.45, 7) is 8.92. The van der Waals surface area contributed by atoms with Crippen molar-refractivity contribution in [3.63, 3.8) is 0 Å². The fourth-order valence-corrected chi connectivity index (χ4v) is 1.10. The van der Waals surface area contributed by atoms with Gasteiger partial charge in [0.2, 0.25) is 0 Å². The summed E-state index contributed by atoms with van der Waals surface area (Å²) < 4.78 is 8.22. The summed E-state index contributed by atoms with van der Waals surface area (Å²) in [5.74, 6) is 0. The molecule has 1 nitrogen and oxygen atoms in total. The van der Waals surface area contributed by atoms with Crippen LogP contribution in [-0.2, 0) is 6.54 Å². The fraction of sp³-hybridized carbons (Fsp3) is 0.538. The third kappa shape index (κ3) is 3.51. The topological polar surface area (TPSA) is 12.0 Å². The second-order valence-corrected chi connectivity index (χ2v) is 4.71. The van der Waals surface area contributed by atoms with Gasteiger partial charge in [0.1, 0.15) is 0 Å². The average Bonchev–Trinajstić information content (AvgIpc) is 2.15. The maximum atomic E-state index is 8.22. The molecule has 0 radical (unpaired) electrons. The van der Waals surface area contributed by atoms with Crippen molar-refractivity contribution >= 4 is 0 Å². The fourth-order valence-electron chi connectivity index (χ4n) is 1.10. The van der Waals surface area contributed by atoms with Crippen LogP contribution in [0, 0.1) is 5.41 Å². The SMILES string of the molecule is [2H]C(C)(NCc1ccccc1)C(C)(C)C. The Morgan fingerprint density at radius 1 is 1.29 bits per heavy atom. The number of hydrogen-bond donors (Lipinski definition) is 1. The van der Waals surface area contributed by atoms with E-state index in [9.17, 15) is 0 Å². The lowest BCUT2D eigenvalue weighted by Crippen LogP contribution is -2.37. The second kappa shape index (κ2) is 4.61. The first-order chi connectivity index (χ1) is 6.83. The number of nitrogens with one attached hydrogen (secondary N) is 1. The van der Waals surface area contributed by atoms with E-state index in [1.54, 1.807) is 0 Å². The first kappa shape index (κ1) is 9.72. The van der Waals surface area contributed by atoms with Gasteiger partial charge < -0.3 is 5.32 Å². The van der Waals surface area contributed by atoms with Gasteiger partial charge in [-0.15, -0.1) is 0 Å². The van der Waals surface area contributed by atoms with E-state index in [0.717, 1.165) is 6.54 Å². The zero-order chi connectivity index (χ0) is 11.5. The zero-order valence-electron chi connectivity index (χ0n) is 10.6. The van der Waals surface area contributed by atoms with E-state index < -0.39 is 6.02 Å². The Kier molecular flexibility index (Phi) is 3.20. The highest BCUT2D eigenvalue weighted by atomic mass is 14.9. The first-order valence-corrected chi connectivity index (χ1v) is 5.12. The molecule has 0 fully saturated rings. The van der Waals surface area contributed by atoms with Gasteiger partial charge in [0.15, 0.2) is 0 Å². The van der Waals surface area contributed by atoms with Crippen molar-refractivity contribution in [3.8, 4) is 0 Å². The Labute approximate surface area is 88.9 Å². The van der Waals surface area contributed by atoms with E-state index in [-0.39, 0.29) is 5.41 Å². The van der Waals surface area contributed by atoms with Gasteiger partial charge in [-0.25, -0.2) is 0 Å². The predicted octanol–water partition coefficient (Wildman–Crippen LogP) is 3.21. The van der Waals surface area contributed by atoms with Gasteiger partial charge in [-0.1, -0.05) is 51.1 Å². The summed E-state index contributed by atoms with van der Waals surface area (Å²) in [4.78, 5) is 0. The third-order valence-electron chi connectivity index (χ3n) is 2.53. The van der Waals surface area contributed by atoms with Gasteiger partial charge in [-0.05, 0) is 17.9 Å². The molecule has 1 N–H and O–H groups in total. The first-order valence-electron chi connectivity index (χ1n) is 5.62. The third-order valence-corrected chi connectivity index (χ3v) is 2.53. The number of rotatable bonds is 3. The van der Waals surface area contributed by atoms with Crippen molar-refractivity contribution in [2.75, 3.05) is 0 Å². The maximum absolute atomic E-state index is 8.22. The van der Waals surface area contributed by atoms with Crippen molar-refractivity contribution < 1.29 is 1.37 Å². The molecular weight excluding hydrogens is 170 g/mol. The molecule has 1 aromatic carbocycles. The molecular formula is C13H21N. The summed E-state index contributed by atoms with van der Waals surface area (Å²) in [7, 11) is 0. The number of hydrogen-bond acceptors (Lipinski definition) is 1. The van der Waals surface area contributed by atoms with Crippen LogP contribution in [-0.4, -0.2) is 6.02 Å². The van der Waals surface area contributed by atoms with Gasteiger partial charge in [0.05, 0.1) is 0 Å². The highest BCUT2D eigenvalue weighted by Crippen LogP contribution is 2.18. The Morgan fingerprint density at radius 2 is 1.86 bits per heavy atom. The highest BCUT2D eigenvalue weighted by Gasteiger charge is 2.18. The number of benzene rings is 1. The minimum absolute atomic E-state index is 0.0677. The Morgan fingerprint density at radius 3 is 2.36 bits per heavy atom. The van der Waals surface area contributed by atoms with Gasteiger partial charge in [0, 0.05) is 13.9 Å². The van der Waals surface area contributed by atoms with Crippen molar-refractivity contribution in [1.82, 2.24) is 5.32 Å². The van der Waals surface area contributed by atoms with Crippen LogP contribution < -0.4 is 5.32 Å². The van der Waals surface area contributed by atoms with Crippen molar-refractivity contribution in [2.24, 2.45) is 5.41 Å². The summed E-state index contributed by atoms with van der Waals surface area (Å²) >= 11 is 0. The Hall–Kier alpha value is -0.820. The molecule has 0 saturated carbocycles. The molecule has 0 bridgehead atoms. The molecule has 0 aromatic heterocycles. The minimum atomic E-state index is -0.608. The van der Waals surface area contributed by atoms with E-state index in [4.69, 9.17) is 1.37 Å². The summed E-state index contributed by atoms with van der Waals surface area (Å²) in [5, 5.41) is 3.28. The molecule has 0 spiro atoms. The van der Waals surface area contributed by atoms with Crippen molar-refractivity contribution in [1.29, 1.82) is 0 Å². The van der Waals surface area contributed by atoms with Crippen LogP contribution >= 0.6 is 0 Å². The quantitative estimate of drug-likeness (QED) is 0.775. The van der Waals surface area contributed by atoms with E-state index in [1.165, 1.54) is 5.56 Å². The second-order valence-electron chi connectivity index (χ2n) is 4.71. The van der Waals surface area contributed by atoms with Crippen LogP contribution in [0.2, 0.25) is 0 Å². The molecule has 14 heavy (non-hydrogen) atoms. The highest BCUT2D eigenvalue weighted by molar-refractivity contribution is 5.14. The summed E-state index contributed by atoms with van der Waals surface area (Å²) in [5.41, 5.74) is 1.15. The Bertz CT molecular complexity index is 298. The van der Waals surface area contributed by atoms with Crippen molar-refractivity contribution in [3.05, 3.63) is 35.9 Å². The maximum Gasteiger partial charge on any atom is 0.0467 e. The molecule has 0 aliphatic carbocycles. The molecule has 0 amide bonds. The molecule has 1 unspecified atom stereocenters. The lowest BCUT2D eigenvalue weighted by molar-refractivity contribution is 0.285. The van der Waals surface area contributed by atoms with Crippen LogP contribution in [0.3, 0.4) is 0 Å². The smallest absolute Gasteiger partial charge is 0.0467 e.